The topological polar surface area (TPSA) is 80.6 Å². The van der Waals surface area contributed by atoms with Gasteiger partial charge < -0.3 is 9.64 Å². The summed E-state index contributed by atoms with van der Waals surface area (Å²) in [4.78, 5) is 33.3. The lowest BCUT2D eigenvalue weighted by Gasteiger charge is -2.36. The number of amides is 2. The Hall–Kier alpha value is -2.90. The molecule has 0 bridgehead atoms. The van der Waals surface area contributed by atoms with E-state index in [0.29, 0.717) is 45.4 Å². The third kappa shape index (κ3) is 4.26. The van der Waals surface area contributed by atoms with Crippen molar-refractivity contribution in [3.8, 4) is 0 Å². The van der Waals surface area contributed by atoms with Crippen LogP contribution in [0.1, 0.15) is 36.5 Å². The highest BCUT2D eigenvalue weighted by molar-refractivity contribution is 5.86. The van der Waals surface area contributed by atoms with Crippen molar-refractivity contribution >= 4 is 12.0 Å². The van der Waals surface area contributed by atoms with Gasteiger partial charge in [-0.1, -0.05) is 30.3 Å². The number of fused-ring (bicyclic) bond motifs is 1. The molecule has 1 aromatic heterocycles. The number of ether oxygens (including phenoxy) is 1. The van der Waals surface area contributed by atoms with Gasteiger partial charge in [0.15, 0.2) is 5.82 Å². The minimum Gasteiger partial charge on any atom is -0.453 e. The van der Waals surface area contributed by atoms with Crippen LogP contribution in [0.5, 0.6) is 0 Å². The Kier molecular flexibility index (Phi) is 5.78. The summed E-state index contributed by atoms with van der Waals surface area (Å²) in [5.74, 6) is 1.74. The van der Waals surface area contributed by atoms with Gasteiger partial charge in [0.2, 0.25) is 5.91 Å². The second-order valence-corrected chi connectivity index (χ2v) is 7.58. The van der Waals surface area contributed by atoms with Crippen LogP contribution >= 0.6 is 0 Å². The maximum atomic E-state index is 13.1. The molecule has 0 saturated carbocycles. The van der Waals surface area contributed by atoms with Gasteiger partial charge in [-0.15, -0.1) is 0 Å². The lowest BCUT2D eigenvalue weighted by molar-refractivity contribution is -0.137. The van der Waals surface area contributed by atoms with Gasteiger partial charge in [-0.25, -0.2) is 14.5 Å². The van der Waals surface area contributed by atoms with Gasteiger partial charge in [0.25, 0.3) is 0 Å². The van der Waals surface area contributed by atoms with Crippen molar-refractivity contribution in [2.45, 2.75) is 44.7 Å². The van der Waals surface area contributed by atoms with Gasteiger partial charge >= 0.3 is 6.09 Å². The highest BCUT2D eigenvalue weighted by Gasteiger charge is 2.36. The number of aromatic nitrogens is 3. The third-order valence-corrected chi connectivity index (χ3v) is 5.69. The number of carbonyl (C=O) groups excluding carboxylic acids is 2. The van der Waals surface area contributed by atoms with E-state index in [4.69, 9.17) is 9.72 Å². The quantitative estimate of drug-likeness (QED) is 0.790. The highest BCUT2D eigenvalue weighted by Crippen LogP contribution is 2.21. The monoisotopic (exact) mass is 397 g/mol. The van der Waals surface area contributed by atoms with Gasteiger partial charge in [-0.05, 0) is 24.8 Å². The van der Waals surface area contributed by atoms with Crippen molar-refractivity contribution in [3.63, 3.8) is 0 Å². The van der Waals surface area contributed by atoms with E-state index in [-0.39, 0.29) is 5.91 Å². The summed E-state index contributed by atoms with van der Waals surface area (Å²) in [6, 6.07) is 9.75. The summed E-state index contributed by atoms with van der Waals surface area (Å²) in [5, 5.41) is 4.65. The van der Waals surface area contributed by atoms with Gasteiger partial charge in [-0.2, -0.15) is 5.10 Å². The highest BCUT2D eigenvalue weighted by atomic mass is 16.5. The SMILES string of the molecule is COC(=O)N1CCCCC1C(=O)N1CCc2nc(Cc3ccccc3)nn2CC1. The van der Waals surface area contributed by atoms with Crippen LogP contribution in [0.4, 0.5) is 4.79 Å². The van der Waals surface area contributed by atoms with E-state index in [0.717, 1.165) is 24.5 Å². The van der Waals surface area contributed by atoms with Crippen molar-refractivity contribution in [2.75, 3.05) is 26.7 Å². The second-order valence-electron chi connectivity index (χ2n) is 7.58. The molecule has 8 heteroatoms. The Morgan fingerprint density at radius 2 is 1.93 bits per heavy atom. The van der Waals surface area contributed by atoms with Gasteiger partial charge in [0.05, 0.1) is 13.7 Å². The first-order chi connectivity index (χ1) is 14.2. The number of piperidine rings is 1. The summed E-state index contributed by atoms with van der Waals surface area (Å²) >= 11 is 0. The fourth-order valence-electron chi connectivity index (χ4n) is 4.16. The Morgan fingerprint density at radius 3 is 2.72 bits per heavy atom. The minimum absolute atomic E-state index is 0.00496. The first-order valence-electron chi connectivity index (χ1n) is 10.3. The van der Waals surface area contributed by atoms with Crippen LogP contribution in [0.3, 0.4) is 0 Å². The number of hydrogen-bond acceptors (Lipinski definition) is 5. The van der Waals surface area contributed by atoms with E-state index in [1.807, 2.05) is 27.8 Å². The van der Waals surface area contributed by atoms with E-state index in [1.54, 1.807) is 4.90 Å². The fraction of sp³-hybridized carbons (Fsp3) is 0.524. The molecule has 1 saturated heterocycles. The van der Waals surface area contributed by atoms with Crippen molar-refractivity contribution in [1.29, 1.82) is 0 Å². The van der Waals surface area contributed by atoms with E-state index in [1.165, 1.54) is 12.7 Å². The van der Waals surface area contributed by atoms with E-state index in [9.17, 15) is 9.59 Å². The molecule has 1 fully saturated rings. The molecular formula is C21H27N5O3. The van der Waals surface area contributed by atoms with Crippen molar-refractivity contribution in [1.82, 2.24) is 24.6 Å². The molecule has 0 spiro atoms. The Balaban J connectivity index is 1.41. The summed E-state index contributed by atoms with van der Waals surface area (Å²) in [5.41, 5.74) is 1.19. The van der Waals surface area contributed by atoms with Crippen LogP contribution in [-0.4, -0.2) is 69.4 Å². The van der Waals surface area contributed by atoms with E-state index in [2.05, 4.69) is 17.2 Å². The lowest BCUT2D eigenvalue weighted by Crippen LogP contribution is -2.53. The molecule has 4 rings (SSSR count). The first-order valence-corrected chi connectivity index (χ1v) is 10.3. The van der Waals surface area contributed by atoms with Crippen LogP contribution in [0.25, 0.3) is 0 Å². The molecule has 29 heavy (non-hydrogen) atoms. The summed E-state index contributed by atoms with van der Waals surface area (Å²) < 4.78 is 6.80. The summed E-state index contributed by atoms with van der Waals surface area (Å²) in [7, 11) is 1.36. The largest absolute Gasteiger partial charge is 0.453 e. The number of methoxy groups -OCH3 is 1. The van der Waals surface area contributed by atoms with Gasteiger partial charge in [-0.3, -0.25) is 9.69 Å². The van der Waals surface area contributed by atoms with Crippen LogP contribution in [0.15, 0.2) is 30.3 Å². The molecule has 0 aliphatic carbocycles. The maximum Gasteiger partial charge on any atom is 0.410 e. The third-order valence-electron chi connectivity index (χ3n) is 5.69. The molecule has 2 aliphatic heterocycles. The Bertz CT molecular complexity index is 841. The number of likely N-dealkylation sites (tertiary alicyclic amines) is 1. The minimum atomic E-state index is -0.428. The molecule has 2 aromatic rings. The number of benzene rings is 1. The zero-order valence-corrected chi connectivity index (χ0v) is 16.8. The number of carbonyl (C=O) groups is 2. The molecule has 8 nitrogen and oxygen atoms in total. The molecule has 0 N–H and O–H groups in total. The predicted octanol–water partition coefficient (Wildman–Crippen LogP) is 1.87. The number of nitrogens with zero attached hydrogens (tertiary/aromatic N) is 5. The average molecular weight is 397 g/mol. The fourth-order valence-corrected chi connectivity index (χ4v) is 4.16. The molecule has 1 aromatic carbocycles. The summed E-state index contributed by atoms with van der Waals surface area (Å²) in [6.45, 7) is 2.36. The van der Waals surface area contributed by atoms with Gasteiger partial charge in [0, 0.05) is 32.5 Å². The van der Waals surface area contributed by atoms with Crippen LogP contribution in [0, 0.1) is 0 Å². The predicted molar refractivity (Wildman–Crippen MR) is 106 cm³/mol. The molecule has 0 radical (unpaired) electrons. The van der Waals surface area contributed by atoms with Crippen molar-refractivity contribution < 1.29 is 14.3 Å². The smallest absolute Gasteiger partial charge is 0.410 e. The molecule has 1 atom stereocenters. The molecule has 2 amide bonds. The van der Waals surface area contributed by atoms with Crippen molar-refractivity contribution in [2.24, 2.45) is 0 Å². The zero-order chi connectivity index (χ0) is 20.2. The molecule has 1 unspecified atom stereocenters. The Morgan fingerprint density at radius 1 is 1.10 bits per heavy atom. The standard InChI is InChI=1S/C21H27N5O3/c1-29-21(28)25-11-6-5-9-17(25)20(27)24-12-10-19-22-18(23-26(19)14-13-24)15-16-7-3-2-4-8-16/h2-4,7-8,17H,5-6,9-15H2,1H3. The van der Waals surface area contributed by atoms with Crippen LogP contribution in [-0.2, 0) is 28.9 Å². The van der Waals surface area contributed by atoms with Crippen LogP contribution < -0.4 is 0 Å². The second kappa shape index (κ2) is 8.63. The zero-order valence-electron chi connectivity index (χ0n) is 16.8. The lowest BCUT2D eigenvalue weighted by atomic mass is 10.0. The average Bonchev–Trinajstić information content (AvgIpc) is 3.04. The summed E-state index contributed by atoms with van der Waals surface area (Å²) in [6.07, 6.45) is 3.50. The molecule has 2 aliphatic rings. The number of rotatable bonds is 3. The first kappa shape index (κ1) is 19.4. The normalized spacial score (nSPS) is 19.4. The van der Waals surface area contributed by atoms with E-state index >= 15 is 0 Å². The van der Waals surface area contributed by atoms with Crippen molar-refractivity contribution in [3.05, 3.63) is 47.5 Å². The van der Waals surface area contributed by atoms with E-state index < -0.39 is 12.1 Å². The molecule has 154 valence electrons. The number of hydrogen-bond donors (Lipinski definition) is 0. The molecular weight excluding hydrogens is 370 g/mol. The molecule has 3 heterocycles. The Labute approximate surface area is 170 Å². The maximum absolute atomic E-state index is 13.1. The van der Waals surface area contributed by atoms with Crippen LogP contribution in [0.2, 0.25) is 0 Å². The van der Waals surface area contributed by atoms with Gasteiger partial charge in [0.1, 0.15) is 11.9 Å².